The van der Waals surface area contributed by atoms with Crippen molar-refractivity contribution < 1.29 is 5.21 Å². The van der Waals surface area contributed by atoms with Crippen LogP contribution in [0.3, 0.4) is 0 Å². The van der Waals surface area contributed by atoms with Crippen LogP contribution in [0.25, 0.3) is 0 Å². The highest BCUT2D eigenvalue weighted by Crippen LogP contribution is 2.02. The fraction of sp³-hybridized carbons (Fsp3) is 0.300. The summed E-state index contributed by atoms with van der Waals surface area (Å²) in [5.74, 6) is 0. The molecule has 0 fully saturated rings. The molecule has 2 nitrogen and oxygen atoms in total. The molecule has 0 saturated carbocycles. The fourth-order valence-electron chi connectivity index (χ4n) is 1.06. The lowest BCUT2D eigenvalue weighted by atomic mass is 10.1. The maximum Gasteiger partial charge on any atom is 0.0611 e. The Kier molecular flexibility index (Phi) is 3.33. The SMILES string of the molecule is CC/C(Cc1ccccc1)=N\O. The predicted molar refractivity (Wildman–Crippen MR) is 49.7 cm³/mol. The molecule has 0 unspecified atom stereocenters. The van der Waals surface area contributed by atoms with Gasteiger partial charge in [-0.3, -0.25) is 0 Å². The first-order chi connectivity index (χ1) is 5.86. The molecule has 0 aliphatic carbocycles. The van der Waals surface area contributed by atoms with E-state index in [0.29, 0.717) is 0 Å². The molecule has 12 heavy (non-hydrogen) atoms. The first-order valence-corrected chi connectivity index (χ1v) is 4.10. The number of hydrogen-bond donors (Lipinski definition) is 1. The molecule has 0 aromatic heterocycles. The van der Waals surface area contributed by atoms with E-state index in [4.69, 9.17) is 5.21 Å². The zero-order valence-electron chi connectivity index (χ0n) is 7.20. The van der Waals surface area contributed by atoms with Gasteiger partial charge in [0, 0.05) is 6.42 Å². The van der Waals surface area contributed by atoms with Crippen LogP contribution in [-0.2, 0) is 6.42 Å². The molecule has 1 N–H and O–H groups in total. The Hall–Kier alpha value is -1.31. The van der Waals surface area contributed by atoms with Crippen LogP contribution in [0.4, 0.5) is 0 Å². The highest BCUT2D eigenvalue weighted by atomic mass is 16.4. The largest absolute Gasteiger partial charge is 0.411 e. The van der Waals surface area contributed by atoms with Gasteiger partial charge < -0.3 is 5.21 Å². The Bertz CT molecular complexity index is 254. The van der Waals surface area contributed by atoms with Crippen LogP contribution in [0.15, 0.2) is 35.5 Å². The van der Waals surface area contributed by atoms with Crippen molar-refractivity contribution in [3.63, 3.8) is 0 Å². The number of hydrogen-bond acceptors (Lipinski definition) is 2. The van der Waals surface area contributed by atoms with Crippen LogP contribution in [0.5, 0.6) is 0 Å². The summed E-state index contributed by atoms with van der Waals surface area (Å²) in [4.78, 5) is 0. The van der Waals surface area contributed by atoms with E-state index in [-0.39, 0.29) is 0 Å². The summed E-state index contributed by atoms with van der Waals surface area (Å²) in [7, 11) is 0. The Labute approximate surface area is 72.5 Å². The molecular formula is C10H13NO. The Balaban J connectivity index is 2.64. The predicted octanol–water partition coefficient (Wildman–Crippen LogP) is 2.47. The van der Waals surface area contributed by atoms with Gasteiger partial charge in [-0.25, -0.2) is 0 Å². The van der Waals surface area contributed by atoms with Crippen molar-refractivity contribution in [1.82, 2.24) is 0 Å². The second kappa shape index (κ2) is 4.54. The molecule has 0 heterocycles. The van der Waals surface area contributed by atoms with Crippen LogP contribution < -0.4 is 0 Å². The van der Waals surface area contributed by atoms with Gasteiger partial charge in [0.15, 0.2) is 0 Å². The monoisotopic (exact) mass is 163 g/mol. The molecule has 0 amide bonds. The minimum Gasteiger partial charge on any atom is -0.411 e. The molecule has 0 bridgehead atoms. The average Bonchev–Trinajstić information content (AvgIpc) is 2.16. The first kappa shape index (κ1) is 8.78. The van der Waals surface area contributed by atoms with Crippen LogP contribution in [-0.4, -0.2) is 10.9 Å². The van der Waals surface area contributed by atoms with E-state index < -0.39 is 0 Å². The topological polar surface area (TPSA) is 32.6 Å². The summed E-state index contributed by atoms with van der Waals surface area (Å²) in [6.07, 6.45) is 1.54. The van der Waals surface area contributed by atoms with Crippen molar-refractivity contribution in [3.8, 4) is 0 Å². The van der Waals surface area contributed by atoms with E-state index >= 15 is 0 Å². The van der Waals surface area contributed by atoms with E-state index in [0.717, 1.165) is 18.6 Å². The highest BCUT2D eigenvalue weighted by molar-refractivity contribution is 5.85. The number of rotatable bonds is 3. The zero-order chi connectivity index (χ0) is 8.81. The van der Waals surface area contributed by atoms with E-state index in [1.807, 2.05) is 37.3 Å². The summed E-state index contributed by atoms with van der Waals surface area (Å²) in [6.45, 7) is 1.98. The number of benzene rings is 1. The quantitative estimate of drug-likeness (QED) is 0.414. The fourth-order valence-corrected chi connectivity index (χ4v) is 1.06. The third-order valence-corrected chi connectivity index (χ3v) is 1.80. The number of nitrogens with zero attached hydrogens (tertiary/aromatic N) is 1. The van der Waals surface area contributed by atoms with Gasteiger partial charge in [0.1, 0.15) is 0 Å². The van der Waals surface area contributed by atoms with Crippen molar-refractivity contribution in [3.05, 3.63) is 35.9 Å². The molecule has 0 aliphatic heterocycles. The second-order valence-electron chi connectivity index (χ2n) is 2.68. The second-order valence-corrected chi connectivity index (χ2v) is 2.68. The molecule has 1 aromatic rings. The van der Waals surface area contributed by atoms with Crippen molar-refractivity contribution in [2.75, 3.05) is 0 Å². The van der Waals surface area contributed by atoms with E-state index in [9.17, 15) is 0 Å². The Morgan fingerprint density at radius 2 is 2.00 bits per heavy atom. The van der Waals surface area contributed by atoms with Crippen LogP contribution in [0.2, 0.25) is 0 Å². The lowest BCUT2D eigenvalue weighted by molar-refractivity contribution is 0.317. The van der Waals surface area contributed by atoms with Crippen molar-refractivity contribution in [2.24, 2.45) is 5.16 Å². The third kappa shape index (κ3) is 2.38. The molecule has 0 saturated heterocycles. The molecule has 0 spiro atoms. The molecule has 0 atom stereocenters. The van der Waals surface area contributed by atoms with Crippen molar-refractivity contribution in [1.29, 1.82) is 0 Å². The van der Waals surface area contributed by atoms with E-state index in [1.165, 1.54) is 5.56 Å². The van der Waals surface area contributed by atoms with Gasteiger partial charge in [-0.2, -0.15) is 0 Å². The van der Waals surface area contributed by atoms with Gasteiger partial charge >= 0.3 is 0 Å². The van der Waals surface area contributed by atoms with E-state index in [2.05, 4.69) is 5.16 Å². The van der Waals surface area contributed by atoms with Gasteiger partial charge in [0.25, 0.3) is 0 Å². The maximum absolute atomic E-state index is 8.58. The van der Waals surface area contributed by atoms with Crippen molar-refractivity contribution >= 4 is 5.71 Å². The minimum absolute atomic E-state index is 0.744. The zero-order valence-corrected chi connectivity index (χ0v) is 7.20. The molecule has 64 valence electrons. The minimum atomic E-state index is 0.744. The molecule has 2 heteroatoms. The standard InChI is InChI=1S/C10H13NO/c1-2-10(11-12)8-9-6-4-3-5-7-9/h3-7,12H,2,8H2,1H3/b11-10+. The van der Waals surface area contributed by atoms with Gasteiger partial charge in [0.2, 0.25) is 0 Å². The van der Waals surface area contributed by atoms with Gasteiger partial charge in [-0.1, -0.05) is 42.4 Å². The number of oxime groups is 1. The summed E-state index contributed by atoms with van der Waals surface area (Å²) < 4.78 is 0. The molecule has 1 aromatic carbocycles. The first-order valence-electron chi connectivity index (χ1n) is 4.10. The van der Waals surface area contributed by atoms with Crippen LogP contribution >= 0.6 is 0 Å². The Morgan fingerprint density at radius 1 is 1.33 bits per heavy atom. The van der Waals surface area contributed by atoms with Gasteiger partial charge in [-0.15, -0.1) is 0 Å². The summed E-state index contributed by atoms with van der Waals surface area (Å²) in [6, 6.07) is 10.0. The summed E-state index contributed by atoms with van der Waals surface area (Å²) in [5, 5.41) is 11.8. The van der Waals surface area contributed by atoms with Gasteiger partial charge in [-0.05, 0) is 12.0 Å². The summed E-state index contributed by atoms with van der Waals surface area (Å²) >= 11 is 0. The normalized spacial score (nSPS) is 11.6. The smallest absolute Gasteiger partial charge is 0.0611 e. The molecule has 0 aliphatic rings. The summed E-state index contributed by atoms with van der Waals surface area (Å²) in [5.41, 5.74) is 2.01. The van der Waals surface area contributed by atoms with Crippen molar-refractivity contribution in [2.45, 2.75) is 19.8 Å². The molecule has 0 radical (unpaired) electrons. The van der Waals surface area contributed by atoms with Crippen LogP contribution in [0, 0.1) is 0 Å². The lowest BCUT2D eigenvalue weighted by Crippen LogP contribution is -2.00. The van der Waals surface area contributed by atoms with E-state index in [1.54, 1.807) is 0 Å². The third-order valence-electron chi connectivity index (χ3n) is 1.80. The molecule has 1 rings (SSSR count). The Morgan fingerprint density at radius 3 is 2.50 bits per heavy atom. The molecular weight excluding hydrogens is 150 g/mol. The van der Waals surface area contributed by atoms with Crippen LogP contribution in [0.1, 0.15) is 18.9 Å². The highest BCUT2D eigenvalue weighted by Gasteiger charge is 1.97. The lowest BCUT2D eigenvalue weighted by Gasteiger charge is -2.00. The van der Waals surface area contributed by atoms with Gasteiger partial charge in [0.05, 0.1) is 5.71 Å². The average molecular weight is 163 g/mol. The maximum atomic E-state index is 8.58.